The van der Waals surface area contributed by atoms with E-state index in [1.165, 1.54) is 25.8 Å². The third-order valence-electron chi connectivity index (χ3n) is 3.43. The molecule has 1 heterocycles. The van der Waals surface area contributed by atoms with E-state index < -0.39 is 0 Å². The monoisotopic (exact) mass is 226 g/mol. The standard InChI is InChI=1S/C13H26N2O/c1-4-6-7-12-8-13(14-11(3)16)10-15(5-2)9-12/h12-13H,4-10H2,1-3H3,(H,14,16). The highest BCUT2D eigenvalue weighted by Crippen LogP contribution is 2.21. The van der Waals surface area contributed by atoms with Crippen molar-refractivity contribution >= 4 is 5.91 Å². The molecule has 0 aromatic rings. The topological polar surface area (TPSA) is 32.3 Å². The summed E-state index contributed by atoms with van der Waals surface area (Å²) >= 11 is 0. The van der Waals surface area contributed by atoms with Crippen molar-refractivity contribution in [3.8, 4) is 0 Å². The van der Waals surface area contributed by atoms with Gasteiger partial charge in [-0.25, -0.2) is 0 Å². The van der Waals surface area contributed by atoms with Gasteiger partial charge in [-0.1, -0.05) is 26.7 Å². The van der Waals surface area contributed by atoms with Crippen LogP contribution in [0.2, 0.25) is 0 Å². The Kier molecular flexibility index (Phi) is 5.81. The largest absolute Gasteiger partial charge is 0.352 e. The van der Waals surface area contributed by atoms with Crippen molar-refractivity contribution in [2.75, 3.05) is 19.6 Å². The quantitative estimate of drug-likeness (QED) is 0.778. The Bertz CT molecular complexity index is 218. The smallest absolute Gasteiger partial charge is 0.217 e. The first-order valence-electron chi connectivity index (χ1n) is 6.65. The minimum absolute atomic E-state index is 0.109. The number of rotatable bonds is 5. The number of nitrogens with zero attached hydrogens (tertiary/aromatic N) is 1. The minimum atomic E-state index is 0.109. The van der Waals surface area contributed by atoms with Crippen LogP contribution in [0.3, 0.4) is 0 Å². The van der Waals surface area contributed by atoms with Crippen LogP contribution >= 0.6 is 0 Å². The Balaban J connectivity index is 2.43. The number of likely N-dealkylation sites (N-methyl/N-ethyl adjacent to an activating group) is 1. The van der Waals surface area contributed by atoms with Crippen LogP contribution in [-0.2, 0) is 4.79 Å². The first-order chi connectivity index (χ1) is 7.65. The lowest BCUT2D eigenvalue weighted by atomic mass is 9.90. The van der Waals surface area contributed by atoms with Gasteiger partial charge in [-0.3, -0.25) is 4.79 Å². The van der Waals surface area contributed by atoms with Crippen LogP contribution in [0.15, 0.2) is 0 Å². The van der Waals surface area contributed by atoms with Crippen molar-refractivity contribution in [1.29, 1.82) is 0 Å². The van der Waals surface area contributed by atoms with Crippen LogP contribution in [0.25, 0.3) is 0 Å². The van der Waals surface area contributed by atoms with Gasteiger partial charge in [-0.05, 0) is 25.3 Å². The van der Waals surface area contributed by atoms with Gasteiger partial charge in [0, 0.05) is 26.1 Å². The maximum absolute atomic E-state index is 11.1. The van der Waals surface area contributed by atoms with Crippen LogP contribution in [0, 0.1) is 5.92 Å². The second-order valence-corrected chi connectivity index (χ2v) is 4.99. The van der Waals surface area contributed by atoms with E-state index in [-0.39, 0.29) is 5.91 Å². The molecule has 1 N–H and O–H groups in total. The molecule has 1 rings (SSSR count). The summed E-state index contributed by atoms with van der Waals surface area (Å²) in [6, 6.07) is 0.369. The van der Waals surface area contributed by atoms with Crippen LogP contribution in [0.5, 0.6) is 0 Å². The molecule has 3 nitrogen and oxygen atoms in total. The lowest BCUT2D eigenvalue weighted by Crippen LogP contribution is -2.50. The molecule has 1 aliphatic heterocycles. The zero-order valence-corrected chi connectivity index (χ0v) is 11.0. The van der Waals surface area contributed by atoms with E-state index in [4.69, 9.17) is 0 Å². The summed E-state index contributed by atoms with van der Waals surface area (Å²) in [4.78, 5) is 13.6. The number of likely N-dealkylation sites (tertiary alicyclic amines) is 1. The SMILES string of the molecule is CCCCC1CC(NC(C)=O)CN(CC)C1. The zero-order valence-electron chi connectivity index (χ0n) is 11.0. The fourth-order valence-corrected chi connectivity index (χ4v) is 2.65. The molecule has 0 aromatic heterocycles. The number of nitrogens with one attached hydrogen (secondary N) is 1. The number of carbonyl (C=O) groups is 1. The minimum Gasteiger partial charge on any atom is -0.352 e. The number of hydrogen-bond donors (Lipinski definition) is 1. The number of carbonyl (C=O) groups excluding carboxylic acids is 1. The van der Waals surface area contributed by atoms with E-state index in [0.717, 1.165) is 25.4 Å². The molecule has 0 bridgehead atoms. The molecule has 0 aromatic carbocycles. The molecule has 2 atom stereocenters. The molecule has 16 heavy (non-hydrogen) atoms. The predicted molar refractivity (Wildman–Crippen MR) is 67.4 cm³/mol. The van der Waals surface area contributed by atoms with Crippen LogP contribution in [0.1, 0.15) is 46.5 Å². The zero-order chi connectivity index (χ0) is 12.0. The third kappa shape index (κ3) is 4.52. The van der Waals surface area contributed by atoms with Gasteiger partial charge in [0.15, 0.2) is 0 Å². The van der Waals surface area contributed by atoms with Gasteiger partial charge >= 0.3 is 0 Å². The molecule has 0 radical (unpaired) electrons. The number of amides is 1. The van der Waals surface area contributed by atoms with Crippen LogP contribution < -0.4 is 5.32 Å². The maximum Gasteiger partial charge on any atom is 0.217 e. The summed E-state index contributed by atoms with van der Waals surface area (Å²) in [6.45, 7) is 9.40. The molecular weight excluding hydrogens is 200 g/mol. The predicted octanol–water partition coefficient (Wildman–Crippen LogP) is 2.02. The third-order valence-corrected chi connectivity index (χ3v) is 3.43. The van der Waals surface area contributed by atoms with Crippen LogP contribution in [0.4, 0.5) is 0 Å². The van der Waals surface area contributed by atoms with Gasteiger partial charge in [-0.15, -0.1) is 0 Å². The molecule has 1 saturated heterocycles. The summed E-state index contributed by atoms with van der Waals surface area (Å²) in [7, 11) is 0. The van der Waals surface area contributed by atoms with Crippen LogP contribution in [-0.4, -0.2) is 36.5 Å². The normalized spacial score (nSPS) is 26.7. The van der Waals surface area contributed by atoms with E-state index in [1.807, 2.05) is 0 Å². The Labute approximate surface area is 99.6 Å². The molecule has 3 heteroatoms. The first kappa shape index (κ1) is 13.5. The van der Waals surface area contributed by atoms with Crippen molar-refractivity contribution in [2.24, 2.45) is 5.92 Å². The molecule has 94 valence electrons. The number of hydrogen-bond acceptors (Lipinski definition) is 2. The van der Waals surface area contributed by atoms with E-state index >= 15 is 0 Å². The first-order valence-corrected chi connectivity index (χ1v) is 6.65. The maximum atomic E-state index is 11.1. The fraction of sp³-hybridized carbons (Fsp3) is 0.923. The van der Waals surface area contributed by atoms with E-state index in [9.17, 15) is 4.79 Å². The molecule has 0 spiro atoms. The van der Waals surface area contributed by atoms with Crippen molar-refractivity contribution in [2.45, 2.75) is 52.5 Å². The van der Waals surface area contributed by atoms with Gasteiger partial charge in [0.25, 0.3) is 0 Å². The Morgan fingerprint density at radius 3 is 2.69 bits per heavy atom. The van der Waals surface area contributed by atoms with Gasteiger partial charge < -0.3 is 10.2 Å². The molecule has 0 saturated carbocycles. The second-order valence-electron chi connectivity index (χ2n) is 4.99. The summed E-state index contributed by atoms with van der Waals surface area (Å²) in [5, 5.41) is 3.07. The second kappa shape index (κ2) is 6.89. The molecule has 1 amide bonds. The van der Waals surface area contributed by atoms with Gasteiger partial charge in [-0.2, -0.15) is 0 Å². The highest BCUT2D eigenvalue weighted by atomic mass is 16.1. The van der Waals surface area contributed by atoms with E-state index in [0.29, 0.717) is 6.04 Å². The van der Waals surface area contributed by atoms with E-state index in [1.54, 1.807) is 6.92 Å². The highest BCUT2D eigenvalue weighted by Gasteiger charge is 2.26. The van der Waals surface area contributed by atoms with Crippen molar-refractivity contribution in [3.63, 3.8) is 0 Å². The fourth-order valence-electron chi connectivity index (χ4n) is 2.65. The van der Waals surface area contributed by atoms with Gasteiger partial charge in [0.1, 0.15) is 0 Å². The van der Waals surface area contributed by atoms with Crippen molar-refractivity contribution in [3.05, 3.63) is 0 Å². The lowest BCUT2D eigenvalue weighted by Gasteiger charge is -2.37. The average molecular weight is 226 g/mol. The van der Waals surface area contributed by atoms with Crippen molar-refractivity contribution in [1.82, 2.24) is 10.2 Å². The summed E-state index contributed by atoms with van der Waals surface area (Å²) in [5.74, 6) is 0.877. The summed E-state index contributed by atoms with van der Waals surface area (Å²) in [6.07, 6.45) is 5.06. The van der Waals surface area contributed by atoms with Gasteiger partial charge in [0.05, 0.1) is 0 Å². The molecular formula is C13H26N2O. The molecule has 0 aliphatic carbocycles. The molecule has 1 aliphatic rings. The Morgan fingerprint density at radius 1 is 1.38 bits per heavy atom. The highest BCUT2D eigenvalue weighted by molar-refractivity contribution is 5.73. The Hall–Kier alpha value is -0.570. The van der Waals surface area contributed by atoms with Crippen molar-refractivity contribution < 1.29 is 4.79 Å². The lowest BCUT2D eigenvalue weighted by molar-refractivity contribution is -0.120. The average Bonchev–Trinajstić information content (AvgIpc) is 2.25. The Morgan fingerprint density at radius 2 is 2.12 bits per heavy atom. The molecule has 2 unspecified atom stereocenters. The van der Waals surface area contributed by atoms with E-state index in [2.05, 4.69) is 24.1 Å². The number of unbranched alkanes of at least 4 members (excludes halogenated alkanes) is 1. The number of piperidine rings is 1. The molecule has 1 fully saturated rings. The summed E-state index contributed by atoms with van der Waals surface area (Å²) in [5.41, 5.74) is 0. The van der Waals surface area contributed by atoms with Gasteiger partial charge in [0.2, 0.25) is 5.91 Å². The summed E-state index contributed by atoms with van der Waals surface area (Å²) < 4.78 is 0.